The van der Waals surface area contributed by atoms with Crippen molar-refractivity contribution in [3.63, 3.8) is 0 Å². The zero-order valence-electron chi connectivity index (χ0n) is 13.6. The van der Waals surface area contributed by atoms with Crippen LogP contribution in [-0.2, 0) is 20.0 Å². The summed E-state index contributed by atoms with van der Waals surface area (Å²) in [6.45, 7) is 11.0. The molecular weight excluding hydrogens is 288 g/mol. The second-order valence-corrected chi connectivity index (χ2v) is 6.57. The van der Waals surface area contributed by atoms with E-state index in [0.29, 0.717) is 5.92 Å². The van der Waals surface area contributed by atoms with E-state index in [1.807, 2.05) is 31.2 Å². The summed E-state index contributed by atoms with van der Waals surface area (Å²) in [5.74, 6) is 0.452. The second kappa shape index (κ2) is 6.77. The SMILES string of the molecule is C[CH]=[Ti+].Cc1c(C)c(C)[c-](C2C=Cc3ccccc32)c1C. The normalized spacial score (nSPS) is 15.5. The van der Waals surface area contributed by atoms with Crippen molar-refractivity contribution < 1.29 is 20.0 Å². The zero-order chi connectivity index (χ0) is 15.6. The van der Waals surface area contributed by atoms with Gasteiger partial charge in [-0.05, 0) is 17.0 Å². The number of hydrogen-bond donors (Lipinski definition) is 0. The molecule has 1 heteroatoms. The molecule has 0 nitrogen and oxygen atoms in total. The third-order valence-electron chi connectivity index (χ3n) is 4.61. The van der Waals surface area contributed by atoms with Gasteiger partial charge in [-0.25, -0.2) is 0 Å². The third-order valence-corrected chi connectivity index (χ3v) is 4.61. The molecule has 0 fully saturated rings. The van der Waals surface area contributed by atoms with E-state index in [2.05, 4.69) is 64.1 Å². The Balaban J connectivity index is 0.000000497. The summed E-state index contributed by atoms with van der Waals surface area (Å²) in [6.07, 6.45) is 4.61. The van der Waals surface area contributed by atoms with Gasteiger partial charge < -0.3 is 0 Å². The van der Waals surface area contributed by atoms with Crippen LogP contribution in [-0.4, -0.2) is 4.31 Å². The molecule has 0 heterocycles. The third kappa shape index (κ3) is 2.93. The molecule has 0 saturated heterocycles. The number of benzene rings is 1. The van der Waals surface area contributed by atoms with Gasteiger partial charge in [-0.2, -0.15) is 22.3 Å². The van der Waals surface area contributed by atoms with Gasteiger partial charge in [0.1, 0.15) is 0 Å². The van der Waals surface area contributed by atoms with E-state index in [9.17, 15) is 0 Å². The zero-order valence-corrected chi connectivity index (χ0v) is 15.2. The largest absolute Gasteiger partial charge is 0.196 e. The van der Waals surface area contributed by atoms with Gasteiger partial charge in [0.05, 0.1) is 0 Å². The molecule has 0 bridgehead atoms. The minimum atomic E-state index is 0.452. The van der Waals surface area contributed by atoms with Gasteiger partial charge in [-0.3, -0.25) is 0 Å². The molecule has 1 unspecified atom stereocenters. The molecule has 0 N–H and O–H groups in total. The summed E-state index contributed by atoms with van der Waals surface area (Å²) in [7, 11) is 0. The Kier molecular flexibility index (Phi) is 5.24. The summed E-state index contributed by atoms with van der Waals surface area (Å²) >= 11 is 2.00. The molecule has 2 aromatic rings. The monoisotopic (exact) mass is 311 g/mol. The van der Waals surface area contributed by atoms with E-state index < -0.39 is 0 Å². The first-order valence-corrected chi connectivity index (χ1v) is 8.38. The van der Waals surface area contributed by atoms with E-state index in [-0.39, 0.29) is 0 Å². The fraction of sp³-hybridized carbons (Fsp3) is 0.300. The Morgan fingerprint density at radius 1 is 1.00 bits per heavy atom. The maximum absolute atomic E-state index is 2.35. The van der Waals surface area contributed by atoms with Gasteiger partial charge in [-0.1, -0.05) is 64.1 Å². The average molecular weight is 311 g/mol. The van der Waals surface area contributed by atoms with Gasteiger partial charge in [-0.15, -0.1) is 5.56 Å². The van der Waals surface area contributed by atoms with Crippen molar-refractivity contribution in [2.45, 2.75) is 40.5 Å². The van der Waals surface area contributed by atoms with Gasteiger partial charge in [0.15, 0.2) is 0 Å². The topological polar surface area (TPSA) is 0 Å². The average Bonchev–Trinajstić information content (AvgIpc) is 2.97. The molecule has 1 aliphatic rings. The van der Waals surface area contributed by atoms with Crippen LogP contribution in [0.15, 0.2) is 30.3 Å². The summed E-state index contributed by atoms with van der Waals surface area (Å²) < 4.78 is 2.00. The van der Waals surface area contributed by atoms with Crippen molar-refractivity contribution >= 4 is 10.4 Å². The van der Waals surface area contributed by atoms with Gasteiger partial charge in [0.25, 0.3) is 0 Å². The van der Waals surface area contributed by atoms with Crippen LogP contribution < -0.4 is 0 Å². The van der Waals surface area contributed by atoms with Gasteiger partial charge in [0, 0.05) is 0 Å². The molecule has 1 aliphatic carbocycles. The fourth-order valence-corrected chi connectivity index (χ4v) is 3.22. The molecular formula is C20H23Ti. The Morgan fingerprint density at radius 3 is 2.10 bits per heavy atom. The summed E-state index contributed by atoms with van der Waals surface area (Å²) in [5.41, 5.74) is 10.2. The van der Waals surface area contributed by atoms with Crippen LogP contribution in [0.4, 0.5) is 0 Å². The number of fused-ring (bicyclic) bond motifs is 1. The van der Waals surface area contributed by atoms with E-state index in [4.69, 9.17) is 0 Å². The number of hydrogen-bond acceptors (Lipinski definition) is 0. The smallest absolute Gasteiger partial charge is 0.0168 e. The first-order chi connectivity index (χ1) is 10.0. The summed E-state index contributed by atoms with van der Waals surface area (Å²) in [4.78, 5) is 0. The predicted octanol–water partition coefficient (Wildman–Crippen LogP) is 5.15. The van der Waals surface area contributed by atoms with Crippen LogP contribution in [0.1, 0.15) is 51.8 Å². The molecule has 0 aromatic heterocycles. The molecule has 0 saturated carbocycles. The molecule has 2 aromatic carbocycles. The summed E-state index contributed by atoms with van der Waals surface area (Å²) in [6, 6.07) is 8.73. The van der Waals surface area contributed by atoms with E-state index in [0.717, 1.165) is 0 Å². The Bertz CT molecular complexity index is 661. The van der Waals surface area contributed by atoms with Crippen molar-refractivity contribution in [1.29, 1.82) is 0 Å². The van der Waals surface area contributed by atoms with E-state index >= 15 is 0 Å². The number of rotatable bonds is 1. The molecule has 21 heavy (non-hydrogen) atoms. The molecule has 0 spiro atoms. The standard InChI is InChI=1S/C18H19.C2H4.Ti/c1-11-12(2)14(4)18(13(11)3)17-10-9-15-7-5-6-8-16(15)17;1-2;/h5-10,17H,1-4H3;1H,2H3;/q-1;;+1. The van der Waals surface area contributed by atoms with E-state index in [1.165, 1.54) is 38.9 Å². The van der Waals surface area contributed by atoms with Crippen molar-refractivity contribution in [1.82, 2.24) is 0 Å². The van der Waals surface area contributed by atoms with Crippen molar-refractivity contribution in [3.8, 4) is 0 Å². The summed E-state index contributed by atoms with van der Waals surface area (Å²) in [5, 5.41) is 0. The molecule has 1 atom stereocenters. The Hall–Kier alpha value is -1.11. The minimum Gasteiger partial charge on any atom is -0.196 e. The number of allylic oxidation sites excluding steroid dienone is 1. The minimum absolute atomic E-state index is 0.452. The first-order valence-electron chi connectivity index (χ1n) is 7.48. The first kappa shape index (κ1) is 16.3. The maximum atomic E-state index is 2.35. The van der Waals surface area contributed by atoms with Crippen molar-refractivity contribution in [2.24, 2.45) is 0 Å². The molecule has 0 amide bonds. The Morgan fingerprint density at radius 2 is 1.52 bits per heavy atom. The van der Waals surface area contributed by atoms with Crippen LogP contribution in [0.2, 0.25) is 0 Å². The Labute approximate surface area is 140 Å². The molecule has 107 valence electrons. The van der Waals surface area contributed by atoms with Crippen molar-refractivity contribution in [3.05, 3.63) is 69.3 Å². The quantitative estimate of drug-likeness (QED) is 0.504. The molecule has 0 aliphatic heterocycles. The molecule has 0 radical (unpaired) electrons. The van der Waals surface area contributed by atoms with Gasteiger partial charge in [0.2, 0.25) is 0 Å². The van der Waals surface area contributed by atoms with Gasteiger partial charge >= 0.3 is 31.2 Å². The second-order valence-electron chi connectivity index (χ2n) is 5.67. The van der Waals surface area contributed by atoms with Crippen LogP contribution >= 0.6 is 0 Å². The van der Waals surface area contributed by atoms with Crippen LogP contribution in [0.25, 0.3) is 6.08 Å². The van der Waals surface area contributed by atoms with Crippen molar-refractivity contribution in [2.75, 3.05) is 0 Å². The van der Waals surface area contributed by atoms with Crippen LogP contribution in [0, 0.1) is 27.7 Å². The van der Waals surface area contributed by atoms with Crippen LogP contribution in [0.3, 0.4) is 0 Å². The molecule has 3 rings (SSSR count). The van der Waals surface area contributed by atoms with Crippen LogP contribution in [0.5, 0.6) is 0 Å². The van der Waals surface area contributed by atoms with E-state index in [1.54, 1.807) is 0 Å². The predicted molar refractivity (Wildman–Crippen MR) is 90.0 cm³/mol. The fourth-order valence-electron chi connectivity index (χ4n) is 3.22. The maximum Gasteiger partial charge on any atom is -0.0168 e.